The van der Waals surface area contributed by atoms with E-state index in [0.717, 1.165) is 28.2 Å². The van der Waals surface area contributed by atoms with Gasteiger partial charge in [0.05, 0.1) is 11.4 Å². The minimum absolute atomic E-state index is 0.00639. The number of nitrogens with zero attached hydrogens (tertiary/aromatic N) is 2. The number of hydrogen-bond acceptors (Lipinski definition) is 3. The molecule has 0 aliphatic carbocycles. The van der Waals surface area contributed by atoms with Crippen LogP contribution in [-0.2, 0) is 4.79 Å². The fourth-order valence-electron chi connectivity index (χ4n) is 2.48. The van der Waals surface area contributed by atoms with E-state index in [1.54, 1.807) is 6.20 Å². The Morgan fingerprint density at radius 2 is 2.15 bits per heavy atom. The van der Waals surface area contributed by atoms with Crippen LogP contribution in [0.25, 0.3) is 11.3 Å². The fraction of sp³-hybridized carbons (Fsp3) is 0.200. The zero-order valence-corrected chi connectivity index (χ0v) is 11.5. The van der Waals surface area contributed by atoms with Crippen molar-refractivity contribution >= 4 is 17.2 Å². The quantitative estimate of drug-likeness (QED) is 0.814. The molecule has 3 rings (SSSR count). The van der Waals surface area contributed by atoms with Gasteiger partial charge in [0.25, 0.3) is 0 Å². The van der Waals surface area contributed by atoms with Crippen molar-refractivity contribution in [1.29, 1.82) is 0 Å². The van der Waals surface area contributed by atoms with Gasteiger partial charge < -0.3 is 15.6 Å². The summed E-state index contributed by atoms with van der Waals surface area (Å²) < 4.78 is 1.94. The van der Waals surface area contributed by atoms with Crippen molar-refractivity contribution in [2.45, 2.75) is 13.8 Å². The van der Waals surface area contributed by atoms with E-state index in [1.165, 1.54) is 0 Å². The molecule has 0 saturated carbocycles. The number of aryl methyl sites for hydroxylation is 1. The number of rotatable bonds is 2. The van der Waals surface area contributed by atoms with Gasteiger partial charge in [0.2, 0.25) is 5.91 Å². The van der Waals surface area contributed by atoms with Crippen molar-refractivity contribution in [2.75, 3.05) is 12.3 Å². The highest BCUT2D eigenvalue weighted by atomic mass is 16.1. The molecule has 3 N–H and O–H groups in total. The summed E-state index contributed by atoms with van der Waals surface area (Å²) in [5, 5.41) is 2.82. The fourth-order valence-corrected chi connectivity index (χ4v) is 2.48. The lowest BCUT2D eigenvalue weighted by Gasteiger charge is -2.11. The molecule has 1 aromatic carbocycles. The molecule has 20 heavy (non-hydrogen) atoms. The highest BCUT2D eigenvalue weighted by Gasteiger charge is 2.20. The molecule has 5 nitrogen and oxygen atoms in total. The number of aromatic nitrogens is 2. The number of anilines is 1. The van der Waals surface area contributed by atoms with E-state index in [1.807, 2.05) is 42.8 Å². The van der Waals surface area contributed by atoms with Crippen molar-refractivity contribution < 1.29 is 4.79 Å². The van der Waals surface area contributed by atoms with E-state index < -0.39 is 0 Å². The highest BCUT2D eigenvalue weighted by Crippen LogP contribution is 2.27. The summed E-state index contributed by atoms with van der Waals surface area (Å²) in [6.07, 6.45) is 3.63. The van der Waals surface area contributed by atoms with Crippen LogP contribution in [0.4, 0.5) is 5.69 Å². The summed E-state index contributed by atoms with van der Waals surface area (Å²) in [6, 6.07) is 5.86. The molecule has 0 atom stereocenters. The molecule has 0 radical (unpaired) electrons. The van der Waals surface area contributed by atoms with Gasteiger partial charge in [0, 0.05) is 24.5 Å². The van der Waals surface area contributed by atoms with Crippen LogP contribution in [0, 0.1) is 6.92 Å². The standard InChI is InChI=1S/C15H16N4O/c1-9-12(8-18-15(9)20)11-3-4-14(13(16)7-11)19-6-5-17-10(19)2/h3-7H,8,16H2,1-2H3,(H,18,20). The van der Waals surface area contributed by atoms with Gasteiger partial charge in [0.15, 0.2) is 0 Å². The monoisotopic (exact) mass is 268 g/mol. The van der Waals surface area contributed by atoms with Crippen LogP contribution in [0.3, 0.4) is 0 Å². The Hall–Kier alpha value is -2.56. The maximum absolute atomic E-state index is 11.5. The van der Waals surface area contributed by atoms with Gasteiger partial charge in [0.1, 0.15) is 5.82 Å². The Labute approximate surface area is 117 Å². The van der Waals surface area contributed by atoms with Crippen LogP contribution in [0.2, 0.25) is 0 Å². The lowest BCUT2D eigenvalue weighted by molar-refractivity contribution is -0.116. The predicted molar refractivity (Wildman–Crippen MR) is 78.3 cm³/mol. The topological polar surface area (TPSA) is 72.9 Å². The maximum Gasteiger partial charge on any atom is 0.247 e. The molecule has 2 heterocycles. The highest BCUT2D eigenvalue weighted by molar-refractivity contribution is 6.05. The third-order valence-electron chi connectivity index (χ3n) is 3.68. The first-order chi connectivity index (χ1) is 9.58. The molecule has 0 fully saturated rings. The second-order valence-corrected chi connectivity index (χ2v) is 4.90. The van der Waals surface area contributed by atoms with Crippen molar-refractivity contribution in [2.24, 2.45) is 0 Å². The van der Waals surface area contributed by atoms with E-state index in [2.05, 4.69) is 10.3 Å². The first-order valence-corrected chi connectivity index (χ1v) is 6.46. The average Bonchev–Trinajstić information content (AvgIpc) is 2.98. The number of carbonyl (C=O) groups excluding carboxylic acids is 1. The van der Waals surface area contributed by atoms with Crippen LogP contribution < -0.4 is 11.1 Å². The molecule has 0 saturated heterocycles. The number of hydrogen-bond donors (Lipinski definition) is 2. The number of nitrogens with one attached hydrogen (secondary N) is 1. The minimum Gasteiger partial charge on any atom is -0.397 e. The van der Waals surface area contributed by atoms with Crippen LogP contribution in [0.15, 0.2) is 36.2 Å². The number of carbonyl (C=O) groups is 1. The van der Waals surface area contributed by atoms with Crippen LogP contribution >= 0.6 is 0 Å². The molecule has 1 amide bonds. The summed E-state index contributed by atoms with van der Waals surface area (Å²) in [7, 11) is 0. The molecular formula is C15H16N4O. The summed E-state index contributed by atoms with van der Waals surface area (Å²) >= 11 is 0. The molecule has 0 unspecified atom stereocenters. The Bertz CT molecular complexity index is 727. The lowest BCUT2D eigenvalue weighted by atomic mass is 10.0. The van der Waals surface area contributed by atoms with Gasteiger partial charge >= 0.3 is 0 Å². The second-order valence-electron chi connectivity index (χ2n) is 4.90. The maximum atomic E-state index is 11.5. The Morgan fingerprint density at radius 3 is 2.70 bits per heavy atom. The predicted octanol–water partition coefficient (Wildman–Crippen LogP) is 1.67. The van der Waals surface area contributed by atoms with Crippen molar-refractivity contribution in [3.05, 3.63) is 47.6 Å². The largest absolute Gasteiger partial charge is 0.397 e. The summed E-state index contributed by atoms with van der Waals surface area (Å²) in [4.78, 5) is 15.7. The van der Waals surface area contributed by atoms with E-state index in [4.69, 9.17) is 5.73 Å². The van der Waals surface area contributed by atoms with Crippen LogP contribution in [0.5, 0.6) is 0 Å². The number of imidazole rings is 1. The van der Waals surface area contributed by atoms with Gasteiger partial charge in [-0.2, -0.15) is 0 Å². The molecule has 5 heteroatoms. The van der Waals surface area contributed by atoms with Gasteiger partial charge in [-0.15, -0.1) is 0 Å². The summed E-state index contributed by atoms with van der Waals surface area (Å²) in [6.45, 7) is 4.33. The number of nitrogens with two attached hydrogens (primary N) is 1. The molecule has 0 bridgehead atoms. The first kappa shape index (κ1) is 12.5. The zero-order valence-electron chi connectivity index (χ0n) is 11.5. The normalized spacial score (nSPS) is 14.8. The zero-order chi connectivity index (χ0) is 14.3. The smallest absolute Gasteiger partial charge is 0.247 e. The van der Waals surface area contributed by atoms with E-state index in [0.29, 0.717) is 12.2 Å². The third-order valence-corrected chi connectivity index (χ3v) is 3.68. The average molecular weight is 268 g/mol. The van der Waals surface area contributed by atoms with Crippen LogP contribution in [0.1, 0.15) is 18.3 Å². The number of nitrogen functional groups attached to an aromatic ring is 1. The third kappa shape index (κ3) is 1.87. The van der Waals surface area contributed by atoms with Crippen LogP contribution in [-0.4, -0.2) is 22.0 Å². The van der Waals surface area contributed by atoms with Crippen molar-refractivity contribution in [1.82, 2.24) is 14.9 Å². The van der Waals surface area contributed by atoms with Gasteiger partial charge in [-0.1, -0.05) is 6.07 Å². The SMILES string of the molecule is CC1=C(c2ccc(-n3ccnc3C)c(N)c2)CNC1=O. The second kappa shape index (κ2) is 4.52. The lowest BCUT2D eigenvalue weighted by Crippen LogP contribution is -2.16. The summed E-state index contributed by atoms with van der Waals surface area (Å²) in [5.74, 6) is 0.880. The van der Waals surface area contributed by atoms with E-state index in [-0.39, 0.29) is 5.91 Å². The molecule has 1 aliphatic rings. The molecule has 1 aromatic heterocycles. The Morgan fingerprint density at radius 1 is 1.35 bits per heavy atom. The molecule has 1 aliphatic heterocycles. The number of benzene rings is 1. The first-order valence-electron chi connectivity index (χ1n) is 6.46. The molecular weight excluding hydrogens is 252 g/mol. The van der Waals surface area contributed by atoms with E-state index in [9.17, 15) is 4.79 Å². The summed E-state index contributed by atoms with van der Waals surface area (Å²) in [5.41, 5.74) is 10.5. The minimum atomic E-state index is -0.00639. The number of amides is 1. The molecule has 102 valence electrons. The van der Waals surface area contributed by atoms with Gasteiger partial charge in [-0.3, -0.25) is 4.79 Å². The van der Waals surface area contributed by atoms with Gasteiger partial charge in [-0.25, -0.2) is 4.98 Å². The van der Waals surface area contributed by atoms with Gasteiger partial charge in [-0.05, 0) is 37.1 Å². The Balaban J connectivity index is 2.05. The van der Waals surface area contributed by atoms with Crippen molar-refractivity contribution in [3.63, 3.8) is 0 Å². The van der Waals surface area contributed by atoms with E-state index >= 15 is 0 Å². The molecule has 2 aromatic rings. The molecule has 0 spiro atoms. The van der Waals surface area contributed by atoms with Crippen molar-refractivity contribution in [3.8, 4) is 5.69 Å². The Kier molecular flexibility index (Phi) is 2.82.